The van der Waals surface area contributed by atoms with Gasteiger partial charge in [-0.1, -0.05) is 53.4 Å². The average molecular weight is 316 g/mol. The molecule has 1 aliphatic carbocycles. The van der Waals surface area contributed by atoms with Crippen molar-refractivity contribution in [2.45, 2.75) is 79.6 Å². The topological polar surface area (TPSA) is 0 Å². The van der Waals surface area contributed by atoms with E-state index in [2.05, 4.69) is 27.2 Å². The van der Waals surface area contributed by atoms with Crippen molar-refractivity contribution in [1.29, 1.82) is 0 Å². The standard InChI is InChI=1S/C7H13.C5H10.2C2H6.Y/c1-2-7-5-3-4-6-7;1-3-5-4-2;2*1-2;/h2,7H,3-6H2,1H3;1-5H2;2*1-2H3;/q-1;-2;;;+3. The smallest absolute Gasteiger partial charge is 0.343 e. The van der Waals surface area contributed by atoms with E-state index in [0.717, 1.165) is 18.8 Å². The maximum atomic E-state index is 3.64. The number of unbranched alkanes of at least 4 members (excludes halogenated alkanes) is 2. The van der Waals surface area contributed by atoms with Gasteiger partial charge in [0.15, 0.2) is 0 Å². The van der Waals surface area contributed by atoms with Crippen LogP contribution in [0, 0.1) is 26.2 Å². The van der Waals surface area contributed by atoms with Crippen molar-refractivity contribution in [1.82, 2.24) is 0 Å². The molecule has 0 aromatic carbocycles. The van der Waals surface area contributed by atoms with E-state index in [4.69, 9.17) is 0 Å². The van der Waals surface area contributed by atoms with E-state index in [0.29, 0.717) is 0 Å². The third-order valence-corrected chi connectivity index (χ3v) is 2.37. The first-order chi connectivity index (χ1) is 7.85. The van der Waals surface area contributed by atoms with Gasteiger partial charge < -0.3 is 20.3 Å². The number of hydrogen-bond donors (Lipinski definition) is 0. The Bertz CT molecular complexity index is 73.6. The van der Waals surface area contributed by atoms with E-state index in [1.54, 1.807) is 0 Å². The van der Waals surface area contributed by atoms with Gasteiger partial charge in [-0.2, -0.15) is 25.7 Å². The minimum Gasteiger partial charge on any atom is -0.343 e. The first-order valence-electron chi connectivity index (χ1n) is 7.23. The SMILES string of the molecule is CC.CC.C[CH-]C1CCCC1.[CH2-]CCC[CH2-].[Y+3]. The fourth-order valence-electron chi connectivity index (χ4n) is 1.47. The minimum absolute atomic E-state index is 0. The van der Waals surface area contributed by atoms with E-state index in [-0.39, 0.29) is 32.7 Å². The van der Waals surface area contributed by atoms with Crippen LogP contribution in [0.5, 0.6) is 0 Å². The largest absolute Gasteiger partial charge is 3.00 e. The molecule has 0 unspecified atom stereocenters. The third kappa shape index (κ3) is 26.6. The predicted molar refractivity (Wildman–Crippen MR) is 79.2 cm³/mol. The molecule has 0 nitrogen and oxygen atoms in total. The van der Waals surface area contributed by atoms with Crippen LogP contribution in [0.25, 0.3) is 0 Å². The molecule has 0 heterocycles. The summed E-state index contributed by atoms with van der Waals surface area (Å²) < 4.78 is 0. The molecule has 1 heteroatoms. The molecule has 17 heavy (non-hydrogen) atoms. The first-order valence-corrected chi connectivity index (χ1v) is 7.23. The van der Waals surface area contributed by atoms with Crippen LogP contribution in [0.4, 0.5) is 0 Å². The van der Waals surface area contributed by atoms with E-state index in [9.17, 15) is 0 Å². The molecule has 0 aromatic heterocycles. The van der Waals surface area contributed by atoms with Crippen molar-refractivity contribution in [3.8, 4) is 0 Å². The Balaban J connectivity index is -0.0000000758. The van der Waals surface area contributed by atoms with Crippen LogP contribution in [0.15, 0.2) is 0 Å². The van der Waals surface area contributed by atoms with Crippen LogP contribution in [0.1, 0.15) is 79.6 Å². The monoisotopic (exact) mass is 316 g/mol. The second-order valence-corrected chi connectivity index (χ2v) is 3.44. The molecule has 0 N–H and O–H groups in total. The molecule has 0 bridgehead atoms. The molecule has 1 fully saturated rings. The van der Waals surface area contributed by atoms with Gasteiger partial charge in [0.05, 0.1) is 0 Å². The summed E-state index contributed by atoms with van der Waals surface area (Å²) in [6.45, 7) is 17.4. The van der Waals surface area contributed by atoms with Crippen molar-refractivity contribution in [2.24, 2.45) is 5.92 Å². The summed E-state index contributed by atoms with van der Waals surface area (Å²) in [5.41, 5.74) is 0. The van der Waals surface area contributed by atoms with Gasteiger partial charge in [-0.3, -0.25) is 0 Å². The van der Waals surface area contributed by atoms with E-state index < -0.39 is 0 Å². The van der Waals surface area contributed by atoms with Crippen molar-refractivity contribution in [3.63, 3.8) is 0 Å². The molecule has 1 saturated carbocycles. The predicted octanol–water partition coefficient (Wildman–Crippen LogP) is 6.28. The van der Waals surface area contributed by atoms with E-state index in [1.807, 2.05) is 27.7 Å². The Morgan fingerprint density at radius 3 is 1.41 bits per heavy atom. The quantitative estimate of drug-likeness (QED) is 0.538. The van der Waals surface area contributed by atoms with Gasteiger partial charge in [0, 0.05) is 0 Å². The maximum Gasteiger partial charge on any atom is 3.00 e. The zero-order valence-electron chi connectivity index (χ0n) is 13.1. The summed E-state index contributed by atoms with van der Waals surface area (Å²) in [6, 6.07) is 0. The zero-order chi connectivity index (χ0) is 13.2. The molecule has 0 amide bonds. The maximum absolute atomic E-state index is 3.64. The summed E-state index contributed by atoms with van der Waals surface area (Å²) in [5.74, 6) is 0.972. The summed E-state index contributed by atoms with van der Waals surface area (Å²) >= 11 is 0. The molecule has 1 aliphatic rings. The molecule has 0 saturated heterocycles. The Morgan fingerprint density at radius 2 is 1.29 bits per heavy atom. The summed E-state index contributed by atoms with van der Waals surface area (Å²) in [7, 11) is 0. The Morgan fingerprint density at radius 1 is 0.941 bits per heavy atom. The second kappa shape index (κ2) is 30.3. The fraction of sp³-hybridized carbons (Fsp3) is 0.812. The van der Waals surface area contributed by atoms with E-state index in [1.165, 1.54) is 32.1 Å². The van der Waals surface area contributed by atoms with Crippen LogP contribution in [-0.4, -0.2) is 0 Å². The first kappa shape index (κ1) is 26.6. The molecular formula is C16H35Y. The van der Waals surface area contributed by atoms with Gasteiger partial charge in [-0.15, -0.1) is 6.42 Å². The Labute approximate surface area is 138 Å². The number of hydrogen-bond acceptors (Lipinski definition) is 0. The van der Waals surface area contributed by atoms with Gasteiger partial charge in [-0.25, -0.2) is 0 Å². The van der Waals surface area contributed by atoms with Gasteiger partial charge in [0.1, 0.15) is 0 Å². The average Bonchev–Trinajstić information content (AvgIpc) is 2.89. The van der Waals surface area contributed by atoms with Crippen molar-refractivity contribution in [3.05, 3.63) is 20.3 Å². The summed E-state index contributed by atoms with van der Waals surface area (Å²) in [5, 5.41) is 0. The summed E-state index contributed by atoms with van der Waals surface area (Å²) in [4.78, 5) is 0. The molecule has 0 spiro atoms. The molecule has 0 atom stereocenters. The second-order valence-electron chi connectivity index (χ2n) is 3.44. The molecule has 1 rings (SSSR count). The van der Waals surface area contributed by atoms with Gasteiger partial charge in [0.2, 0.25) is 0 Å². The van der Waals surface area contributed by atoms with Crippen molar-refractivity contribution < 1.29 is 32.7 Å². The van der Waals surface area contributed by atoms with Crippen LogP contribution in [-0.2, 0) is 32.7 Å². The van der Waals surface area contributed by atoms with Gasteiger partial charge in [-0.05, 0) is 0 Å². The van der Waals surface area contributed by atoms with Crippen LogP contribution < -0.4 is 0 Å². The zero-order valence-corrected chi connectivity index (χ0v) is 15.9. The molecule has 0 radical (unpaired) electrons. The molecule has 102 valence electrons. The van der Waals surface area contributed by atoms with Gasteiger partial charge in [0.25, 0.3) is 0 Å². The molecule has 0 aliphatic heterocycles. The summed E-state index contributed by atoms with van der Waals surface area (Å²) in [6.07, 6.45) is 11.4. The minimum atomic E-state index is 0. The third-order valence-electron chi connectivity index (χ3n) is 2.37. The van der Waals surface area contributed by atoms with Crippen LogP contribution in [0.3, 0.4) is 0 Å². The normalized spacial score (nSPS) is 12.9. The van der Waals surface area contributed by atoms with Crippen molar-refractivity contribution >= 4 is 0 Å². The Kier molecular flexibility index (Phi) is 47.4. The number of rotatable bonds is 3. The van der Waals surface area contributed by atoms with E-state index >= 15 is 0 Å². The molecular weight excluding hydrogens is 281 g/mol. The van der Waals surface area contributed by atoms with Gasteiger partial charge >= 0.3 is 32.7 Å². The Hall–Kier alpha value is 1.10. The van der Waals surface area contributed by atoms with Crippen LogP contribution >= 0.6 is 0 Å². The van der Waals surface area contributed by atoms with Crippen LogP contribution in [0.2, 0.25) is 0 Å². The molecule has 0 aromatic rings. The van der Waals surface area contributed by atoms with Crippen molar-refractivity contribution in [2.75, 3.05) is 0 Å². The fourth-order valence-corrected chi connectivity index (χ4v) is 1.47.